The number of aromatic nitrogens is 4. The smallest absolute Gasteiger partial charge is 0.258 e. The fourth-order valence-electron chi connectivity index (χ4n) is 2.88. The van der Waals surface area contributed by atoms with Gasteiger partial charge in [-0.2, -0.15) is 4.98 Å². The molecule has 1 N–H and O–H groups in total. The van der Waals surface area contributed by atoms with Gasteiger partial charge in [0.05, 0.1) is 5.69 Å². The molecular weight excluding hydrogens is 392 g/mol. The highest BCUT2D eigenvalue weighted by atomic mass is 19.1. The van der Waals surface area contributed by atoms with Gasteiger partial charge in [-0.25, -0.2) is 13.8 Å². The van der Waals surface area contributed by atoms with Crippen LogP contribution in [0.3, 0.4) is 0 Å². The summed E-state index contributed by atoms with van der Waals surface area (Å²) in [5, 5.41) is 6.45. The van der Waals surface area contributed by atoms with Crippen molar-refractivity contribution in [2.24, 2.45) is 0 Å². The average molecular weight is 409 g/mol. The number of nitrogens with zero attached hydrogens (tertiary/aromatic N) is 4. The molecule has 0 spiro atoms. The van der Waals surface area contributed by atoms with Crippen LogP contribution in [0.5, 0.6) is 0 Å². The van der Waals surface area contributed by atoms with Crippen LogP contribution in [0, 0.1) is 25.5 Å². The van der Waals surface area contributed by atoms with Crippen LogP contribution in [-0.4, -0.2) is 25.6 Å². The minimum absolute atomic E-state index is 0.0607. The highest BCUT2D eigenvalue weighted by Crippen LogP contribution is 2.22. The molecule has 30 heavy (non-hydrogen) atoms. The van der Waals surface area contributed by atoms with Gasteiger partial charge in [0.15, 0.2) is 0 Å². The minimum Gasteiger partial charge on any atom is -0.334 e. The summed E-state index contributed by atoms with van der Waals surface area (Å²) in [5.41, 5.74) is 1.87. The minimum atomic E-state index is -0.494. The first-order valence-electron chi connectivity index (χ1n) is 9.09. The van der Waals surface area contributed by atoms with Gasteiger partial charge in [0.1, 0.15) is 29.7 Å². The molecular formula is C21H17F2N5O2. The number of carbonyl (C=O) groups excluding carboxylic acids is 1. The zero-order valence-electron chi connectivity index (χ0n) is 16.2. The second kappa shape index (κ2) is 7.86. The topological polar surface area (TPSA) is 85.8 Å². The number of anilines is 1. The zero-order valence-corrected chi connectivity index (χ0v) is 16.2. The predicted octanol–water partition coefficient (Wildman–Crippen LogP) is 4.13. The fourth-order valence-corrected chi connectivity index (χ4v) is 2.88. The molecule has 2 aromatic carbocycles. The van der Waals surface area contributed by atoms with Crippen LogP contribution < -0.4 is 5.32 Å². The SMILES string of the molecule is Cc1ccc(NC(=O)Cn2cc(-c3noc(-c4ccc(F)cc4)n3)nc2C)c(F)c1. The van der Waals surface area contributed by atoms with Crippen molar-refractivity contribution < 1.29 is 18.1 Å². The first-order valence-corrected chi connectivity index (χ1v) is 9.09. The van der Waals surface area contributed by atoms with E-state index in [1.165, 1.54) is 36.4 Å². The van der Waals surface area contributed by atoms with Gasteiger partial charge < -0.3 is 14.4 Å². The Hall–Kier alpha value is -3.88. The third kappa shape index (κ3) is 4.09. The Bertz CT molecular complexity index is 1210. The number of halogens is 2. The van der Waals surface area contributed by atoms with Crippen LogP contribution in [0.15, 0.2) is 53.2 Å². The Morgan fingerprint density at radius 3 is 2.60 bits per heavy atom. The van der Waals surface area contributed by atoms with Crippen molar-refractivity contribution in [2.75, 3.05) is 5.32 Å². The maximum atomic E-state index is 13.9. The molecule has 9 heteroatoms. The van der Waals surface area contributed by atoms with E-state index in [1.54, 1.807) is 30.7 Å². The third-order valence-electron chi connectivity index (χ3n) is 4.43. The van der Waals surface area contributed by atoms with Gasteiger partial charge in [0.2, 0.25) is 11.7 Å². The summed E-state index contributed by atoms with van der Waals surface area (Å²) in [6, 6.07) is 10.3. The summed E-state index contributed by atoms with van der Waals surface area (Å²) < 4.78 is 33.8. The molecule has 0 unspecified atom stereocenters. The number of amides is 1. The van der Waals surface area contributed by atoms with Crippen molar-refractivity contribution in [1.82, 2.24) is 19.7 Å². The van der Waals surface area contributed by atoms with E-state index in [4.69, 9.17) is 4.52 Å². The normalized spacial score (nSPS) is 10.9. The maximum absolute atomic E-state index is 13.9. The number of hydrogen-bond acceptors (Lipinski definition) is 5. The van der Waals surface area contributed by atoms with Crippen molar-refractivity contribution >= 4 is 11.6 Å². The van der Waals surface area contributed by atoms with Crippen LogP contribution in [0.4, 0.5) is 14.5 Å². The molecule has 2 heterocycles. The lowest BCUT2D eigenvalue weighted by Crippen LogP contribution is -2.19. The monoisotopic (exact) mass is 409 g/mol. The highest BCUT2D eigenvalue weighted by molar-refractivity contribution is 5.90. The number of imidazole rings is 1. The van der Waals surface area contributed by atoms with Gasteiger partial charge in [0, 0.05) is 11.8 Å². The molecule has 0 radical (unpaired) electrons. The predicted molar refractivity (Wildman–Crippen MR) is 105 cm³/mol. The number of rotatable bonds is 5. The number of nitrogens with one attached hydrogen (secondary N) is 1. The van der Waals surface area contributed by atoms with Crippen LogP contribution in [-0.2, 0) is 11.3 Å². The van der Waals surface area contributed by atoms with Crippen LogP contribution in [0.25, 0.3) is 23.0 Å². The quantitative estimate of drug-likeness (QED) is 0.536. The van der Waals surface area contributed by atoms with Crippen LogP contribution in [0.1, 0.15) is 11.4 Å². The molecule has 0 saturated heterocycles. The highest BCUT2D eigenvalue weighted by Gasteiger charge is 2.16. The lowest BCUT2D eigenvalue weighted by atomic mass is 10.2. The maximum Gasteiger partial charge on any atom is 0.258 e. The van der Waals surface area contributed by atoms with Crippen molar-refractivity contribution in [3.8, 4) is 23.0 Å². The Morgan fingerprint density at radius 1 is 1.10 bits per heavy atom. The molecule has 4 aromatic rings. The summed E-state index contributed by atoms with van der Waals surface area (Å²) >= 11 is 0. The Morgan fingerprint density at radius 2 is 1.87 bits per heavy atom. The summed E-state index contributed by atoms with van der Waals surface area (Å²) in [6.07, 6.45) is 1.61. The Kier molecular flexibility index (Phi) is 5.09. The lowest BCUT2D eigenvalue weighted by molar-refractivity contribution is -0.116. The molecule has 0 saturated carbocycles. The summed E-state index contributed by atoms with van der Waals surface area (Å²) in [5.74, 6) is -0.239. The van der Waals surface area contributed by atoms with Gasteiger partial charge in [-0.15, -0.1) is 0 Å². The first kappa shape index (κ1) is 19.4. The number of aryl methyl sites for hydroxylation is 2. The molecule has 0 fully saturated rings. The van der Waals surface area contributed by atoms with E-state index >= 15 is 0 Å². The average Bonchev–Trinajstić information content (AvgIpc) is 3.32. The Balaban J connectivity index is 1.49. The number of hydrogen-bond donors (Lipinski definition) is 1. The standard InChI is InChI=1S/C21H17F2N5O2/c1-12-3-8-17(16(23)9-12)25-19(29)11-28-10-18(24-13(28)2)20-26-21(30-27-20)14-4-6-15(22)7-5-14/h3-10H,11H2,1-2H3,(H,25,29). The molecule has 1 amide bonds. The van der Waals surface area contributed by atoms with Gasteiger partial charge >= 0.3 is 0 Å². The van der Waals surface area contributed by atoms with E-state index in [-0.39, 0.29) is 29.8 Å². The molecule has 0 aliphatic rings. The third-order valence-corrected chi connectivity index (χ3v) is 4.43. The summed E-state index contributed by atoms with van der Waals surface area (Å²) in [4.78, 5) is 21.0. The molecule has 0 bridgehead atoms. The van der Waals surface area contributed by atoms with Crippen LogP contribution in [0.2, 0.25) is 0 Å². The molecule has 0 aliphatic heterocycles. The van der Waals surface area contributed by atoms with E-state index in [0.717, 1.165) is 5.56 Å². The van der Waals surface area contributed by atoms with Gasteiger partial charge in [-0.05, 0) is 55.8 Å². The van der Waals surface area contributed by atoms with E-state index in [0.29, 0.717) is 17.1 Å². The largest absolute Gasteiger partial charge is 0.334 e. The summed E-state index contributed by atoms with van der Waals surface area (Å²) in [6.45, 7) is 3.43. The van der Waals surface area contributed by atoms with Crippen molar-refractivity contribution in [1.29, 1.82) is 0 Å². The molecule has 0 atom stereocenters. The van der Waals surface area contributed by atoms with Crippen molar-refractivity contribution in [3.63, 3.8) is 0 Å². The number of carbonyl (C=O) groups is 1. The molecule has 2 aromatic heterocycles. The molecule has 152 valence electrons. The van der Waals surface area contributed by atoms with Gasteiger partial charge in [0.25, 0.3) is 5.89 Å². The van der Waals surface area contributed by atoms with Crippen molar-refractivity contribution in [2.45, 2.75) is 20.4 Å². The Labute approximate surface area is 170 Å². The van der Waals surface area contributed by atoms with E-state index in [9.17, 15) is 13.6 Å². The first-order chi connectivity index (χ1) is 14.4. The van der Waals surface area contributed by atoms with Crippen LogP contribution >= 0.6 is 0 Å². The van der Waals surface area contributed by atoms with E-state index < -0.39 is 11.7 Å². The molecule has 0 aliphatic carbocycles. The second-order valence-electron chi connectivity index (χ2n) is 6.76. The number of benzene rings is 2. The van der Waals surface area contributed by atoms with Gasteiger partial charge in [-0.3, -0.25) is 4.79 Å². The van der Waals surface area contributed by atoms with E-state index in [1.807, 2.05) is 0 Å². The van der Waals surface area contributed by atoms with E-state index in [2.05, 4.69) is 20.4 Å². The lowest BCUT2D eigenvalue weighted by Gasteiger charge is -2.08. The summed E-state index contributed by atoms with van der Waals surface area (Å²) in [7, 11) is 0. The molecule has 4 rings (SSSR count). The zero-order chi connectivity index (χ0) is 21.3. The second-order valence-corrected chi connectivity index (χ2v) is 6.76. The molecule has 7 nitrogen and oxygen atoms in total. The van der Waals surface area contributed by atoms with Gasteiger partial charge in [-0.1, -0.05) is 11.2 Å². The fraction of sp³-hybridized carbons (Fsp3) is 0.143. The van der Waals surface area contributed by atoms with Crippen molar-refractivity contribution in [3.05, 3.63) is 71.7 Å².